The highest BCUT2D eigenvalue weighted by Crippen LogP contribution is 2.38. The van der Waals surface area contributed by atoms with Crippen LogP contribution in [0.4, 0.5) is 0 Å². The Morgan fingerprint density at radius 2 is 2.00 bits per heavy atom. The molecule has 24 heavy (non-hydrogen) atoms. The summed E-state index contributed by atoms with van der Waals surface area (Å²) in [5.41, 5.74) is 3.39. The van der Waals surface area contributed by atoms with Gasteiger partial charge in [0.05, 0.1) is 6.54 Å². The molecule has 2 aromatic rings. The van der Waals surface area contributed by atoms with Crippen LogP contribution in [0.3, 0.4) is 0 Å². The highest BCUT2D eigenvalue weighted by molar-refractivity contribution is 5.78. The summed E-state index contributed by atoms with van der Waals surface area (Å²) in [5.74, 6) is 1.17. The van der Waals surface area contributed by atoms with E-state index in [0.29, 0.717) is 6.54 Å². The molecule has 2 heterocycles. The van der Waals surface area contributed by atoms with Crippen LogP contribution in [0, 0.1) is 5.92 Å². The maximum Gasteiger partial charge on any atom is 0.223 e. The van der Waals surface area contributed by atoms with Crippen LogP contribution in [0.15, 0.2) is 42.7 Å². The van der Waals surface area contributed by atoms with Gasteiger partial charge in [-0.25, -0.2) is 0 Å². The fourth-order valence-electron chi connectivity index (χ4n) is 3.23. The molecule has 1 unspecified atom stereocenters. The summed E-state index contributed by atoms with van der Waals surface area (Å²) in [7, 11) is 0. The van der Waals surface area contributed by atoms with Crippen LogP contribution in [0.25, 0.3) is 11.1 Å². The summed E-state index contributed by atoms with van der Waals surface area (Å²) >= 11 is 0. The van der Waals surface area contributed by atoms with E-state index >= 15 is 0 Å². The van der Waals surface area contributed by atoms with E-state index < -0.39 is 0 Å². The van der Waals surface area contributed by atoms with Gasteiger partial charge in [-0.15, -0.1) is 0 Å². The van der Waals surface area contributed by atoms with Gasteiger partial charge >= 0.3 is 0 Å². The first-order valence-corrected chi connectivity index (χ1v) is 8.69. The molecular formula is C20H24N2O2. The van der Waals surface area contributed by atoms with Crippen molar-refractivity contribution in [3.63, 3.8) is 0 Å². The van der Waals surface area contributed by atoms with E-state index in [9.17, 15) is 4.79 Å². The van der Waals surface area contributed by atoms with Gasteiger partial charge in [0.2, 0.25) is 5.91 Å². The lowest BCUT2D eigenvalue weighted by atomic mass is 10.0. The molecule has 0 aliphatic carbocycles. The molecule has 126 valence electrons. The van der Waals surface area contributed by atoms with E-state index in [0.717, 1.165) is 36.1 Å². The molecule has 3 rings (SSSR count). The first-order valence-electron chi connectivity index (χ1n) is 8.69. The number of nitrogens with zero attached hydrogens (tertiary/aromatic N) is 1. The molecule has 4 nitrogen and oxygen atoms in total. The van der Waals surface area contributed by atoms with Gasteiger partial charge in [-0.1, -0.05) is 32.0 Å². The van der Waals surface area contributed by atoms with Gasteiger partial charge in [0.1, 0.15) is 11.9 Å². The topological polar surface area (TPSA) is 51.2 Å². The third-order valence-corrected chi connectivity index (χ3v) is 4.68. The molecule has 1 aliphatic rings. The number of para-hydroxylation sites is 1. The van der Waals surface area contributed by atoms with Crippen molar-refractivity contribution < 1.29 is 9.53 Å². The average molecular weight is 324 g/mol. The molecular weight excluding hydrogens is 300 g/mol. The third-order valence-electron chi connectivity index (χ3n) is 4.68. The molecule has 1 aliphatic heterocycles. The summed E-state index contributed by atoms with van der Waals surface area (Å²) < 4.78 is 6.15. The fourth-order valence-corrected chi connectivity index (χ4v) is 3.23. The number of ether oxygens (including phenoxy) is 1. The molecule has 0 spiro atoms. The number of hydrogen-bond donors (Lipinski definition) is 1. The van der Waals surface area contributed by atoms with Gasteiger partial charge in [-0.2, -0.15) is 0 Å². The first-order chi connectivity index (χ1) is 11.7. The maximum atomic E-state index is 12.1. The zero-order chi connectivity index (χ0) is 16.9. The molecule has 0 fully saturated rings. The van der Waals surface area contributed by atoms with Crippen molar-refractivity contribution in [2.45, 2.75) is 39.2 Å². The Morgan fingerprint density at radius 3 is 2.71 bits per heavy atom. The second-order valence-electron chi connectivity index (χ2n) is 6.23. The SMILES string of the molecule is CCC(CC)C(=O)NCC1Cc2cccc(-c3ccncc3)c2O1. The minimum atomic E-state index is 0.00120. The predicted molar refractivity (Wildman–Crippen MR) is 94.9 cm³/mol. The van der Waals surface area contributed by atoms with Crippen molar-refractivity contribution in [3.8, 4) is 16.9 Å². The molecule has 1 aromatic heterocycles. The van der Waals surface area contributed by atoms with Gasteiger partial charge in [0, 0.05) is 30.3 Å². The largest absolute Gasteiger partial charge is 0.487 e. The van der Waals surface area contributed by atoms with Gasteiger partial charge in [-0.3, -0.25) is 9.78 Å². The standard InChI is InChI=1S/C20H24N2O2/c1-3-14(4-2)20(23)22-13-17-12-16-6-5-7-18(19(16)24-17)15-8-10-21-11-9-15/h5-11,14,17H,3-4,12-13H2,1-2H3,(H,22,23). The number of fused-ring (bicyclic) bond motifs is 1. The van der Waals surface area contributed by atoms with Gasteiger partial charge < -0.3 is 10.1 Å². The van der Waals surface area contributed by atoms with Gasteiger partial charge in [0.15, 0.2) is 0 Å². The van der Waals surface area contributed by atoms with Crippen LogP contribution in [-0.2, 0) is 11.2 Å². The van der Waals surface area contributed by atoms with E-state index in [1.807, 2.05) is 12.1 Å². The summed E-state index contributed by atoms with van der Waals surface area (Å²) in [6, 6.07) is 10.2. The van der Waals surface area contributed by atoms with Crippen LogP contribution in [-0.4, -0.2) is 23.5 Å². The molecule has 1 amide bonds. The molecule has 1 N–H and O–H groups in total. The quantitative estimate of drug-likeness (QED) is 0.883. The van der Waals surface area contributed by atoms with Crippen molar-refractivity contribution in [1.82, 2.24) is 10.3 Å². The number of nitrogens with one attached hydrogen (secondary N) is 1. The number of carbonyl (C=O) groups excluding carboxylic acids is 1. The monoisotopic (exact) mass is 324 g/mol. The number of benzene rings is 1. The minimum absolute atomic E-state index is 0.00120. The number of pyridine rings is 1. The Labute approximate surface area is 143 Å². The Kier molecular flexibility index (Phi) is 5.14. The highest BCUT2D eigenvalue weighted by Gasteiger charge is 2.26. The van der Waals surface area contributed by atoms with Crippen LogP contribution in [0.1, 0.15) is 32.3 Å². The molecule has 1 aromatic carbocycles. The van der Waals surface area contributed by atoms with E-state index in [-0.39, 0.29) is 17.9 Å². The first kappa shape index (κ1) is 16.5. The lowest BCUT2D eigenvalue weighted by Crippen LogP contribution is -2.37. The smallest absolute Gasteiger partial charge is 0.223 e. The zero-order valence-electron chi connectivity index (χ0n) is 14.3. The second kappa shape index (κ2) is 7.47. The van der Waals surface area contributed by atoms with Crippen molar-refractivity contribution in [3.05, 3.63) is 48.3 Å². The van der Waals surface area contributed by atoms with Crippen LogP contribution in [0.2, 0.25) is 0 Å². The molecule has 1 atom stereocenters. The number of aromatic nitrogens is 1. The van der Waals surface area contributed by atoms with Gasteiger partial charge in [-0.05, 0) is 36.1 Å². The Morgan fingerprint density at radius 1 is 1.25 bits per heavy atom. The van der Waals surface area contributed by atoms with Gasteiger partial charge in [0.25, 0.3) is 0 Å². The van der Waals surface area contributed by atoms with Crippen LogP contribution in [0.5, 0.6) is 5.75 Å². The second-order valence-corrected chi connectivity index (χ2v) is 6.23. The summed E-state index contributed by atoms with van der Waals surface area (Å²) in [6.45, 7) is 4.66. The summed E-state index contributed by atoms with van der Waals surface area (Å²) in [5, 5.41) is 3.05. The number of hydrogen-bond acceptors (Lipinski definition) is 3. The molecule has 0 saturated heterocycles. The average Bonchev–Trinajstić information content (AvgIpc) is 3.04. The summed E-state index contributed by atoms with van der Waals surface area (Å²) in [4.78, 5) is 16.2. The maximum absolute atomic E-state index is 12.1. The van der Waals surface area contributed by atoms with E-state index in [4.69, 9.17) is 4.74 Å². The molecule has 0 radical (unpaired) electrons. The predicted octanol–water partition coefficient (Wildman–Crippen LogP) is 3.60. The van der Waals surface area contributed by atoms with E-state index in [1.165, 1.54) is 5.56 Å². The number of amides is 1. The normalized spacial score (nSPS) is 15.9. The van der Waals surface area contributed by atoms with Crippen molar-refractivity contribution >= 4 is 5.91 Å². The Bertz CT molecular complexity index is 696. The molecule has 4 heteroatoms. The fraction of sp³-hybridized carbons (Fsp3) is 0.400. The lowest BCUT2D eigenvalue weighted by Gasteiger charge is -2.16. The highest BCUT2D eigenvalue weighted by atomic mass is 16.5. The zero-order valence-corrected chi connectivity index (χ0v) is 14.3. The van der Waals surface area contributed by atoms with Crippen molar-refractivity contribution in [2.24, 2.45) is 5.92 Å². The minimum Gasteiger partial charge on any atom is -0.487 e. The number of carbonyl (C=O) groups is 1. The van der Waals surface area contributed by atoms with Crippen molar-refractivity contribution in [2.75, 3.05) is 6.54 Å². The lowest BCUT2D eigenvalue weighted by molar-refractivity contribution is -0.125. The number of rotatable bonds is 6. The summed E-state index contributed by atoms with van der Waals surface area (Å²) in [6.07, 6.45) is 6.16. The Hall–Kier alpha value is -2.36. The van der Waals surface area contributed by atoms with Crippen LogP contribution < -0.4 is 10.1 Å². The third kappa shape index (κ3) is 3.42. The Balaban J connectivity index is 1.68. The van der Waals surface area contributed by atoms with E-state index in [1.54, 1.807) is 12.4 Å². The molecule has 0 bridgehead atoms. The van der Waals surface area contributed by atoms with Crippen molar-refractivity contribution in [1.29, 1.82) is 0 Å². The molecule has 0 saturated carbocycles. The van der Waals surface area contributed by atoms with Crippen LogP contribution >= 0.6 is 0 Å². The van der Waals surface area contributed by atoms with E-state index in [2.05, 4.69) is 42.3 Å².